The van der Waals surface area contributed by atoms with E-state index in [9.17, 15) is 13.6 Å². The number of carbonyl (C=O) groups is 1. The molecule has 0 saturated carbocycles. The van der Waals surface area contributed by atoms with Gasteiger partial charge in [0.1, 0.15) is 0 Å². The van der Waals surface area contributed by atoms with Crippen LogP contribution in [0, 0.1) is 23.5 Å². The molecule has 0 radical (unpaired) electrons. The smallest absolute Gasteiger partial charge is 0.256 e. The lowest BCUT2D eigenvalue weighted by Crippen LogP contribution is -2.13. The van der Waals surface area contributed by atoms with Crippen LogP contribution in [0.25, 0.3) is 0 Å². The van der Waals surface area contributed by atoms with E-state index in [1.807, 2.05) is 0 Å². The van der Waals surface area contributed by atoms with E-state index in [-0.39, 0.29) is 12.2 Å². The maximum Gasteiger partial charge on any atom is 0.256 e. The highest BCUT2D eigenvalue weighted by atomic mass is 19.2. The first kappa shape index (κ1) is 14.7. The lowest BCUT2D eigenvalue weighted by molar-refractivity contribution is 0.102. The molecule has 21 heavy (non-hydrogen) atoms. The molecule has 2 rings (SSSR count). The molecule has 0 heterocycles. The molecule has 0 aliphatic heterocycles. The van der Waals surface area contributed by atoms with Crippen LogP contribution in [0.4, 0.5) is 14.5 Å². The molecule has 0 atom stereocenters. The fourth-order valence-corrected chi connectivity index (χ4v) is 1.71. The second-order valence-corrected chi connectivity index (χ2v) is 4.13. The number of carbonyl (C=O) groups excluding carboxylic acids is 1. The number of nitrogens with two attached hydrogens (primary N) is 1. The predicted octanol–water partition coefficient (Wildman–Crippen LogP) is 2.53. The summed E-state index contributed by atoms with van der Waals surface area (Å²) < 4.78 is 26.0. The van der Waals surface area contributed by atoms with Crippen molar-refractivity contribution >= 4 is 11.6 Å². The van der Waals surface area contributed by atoms with E-state index in [0.717, 1.165) is 12.1 Å². The monoisotopic (exact) mass is 286 g/mol. The van der Waals surface area contributed by atoms with Crippen LogP contribution in [0.1, 0.15) is 15.9 Å². The average molecular weight is 286 g/mol. The van der Waals surface area contributed by atoms with E-state index >= 15 is 0 Å². The first-order chi connectivity index (χ1) is 10.1. The van der Waals surface area contributed by atoms with E-state index in [1.54, 1.807) is 24.3 Å². The van der Waals surface area contributed by atoms with Gasteiger partial charge in [-0.25, -0.2) is 8.78 Å². The quantitative estimate of drug-likeness (QED) is 0.834. The molecule has 0 aliphatic carbocycles. The Bertz CT molecular complexity index is 733. The summed E-state index contributed by atoms with van der Waals surface area (Å²) in [5.74, 6) is 3.01. The topological polar surface area (TPSA) is 55.1 Å². The summed E-state index contributed by atoms with van der Waals surface area (Å²) in [6.45, 7) is 0.180. The van der Waals surface area contributed by atoms with E-state index in [4.69, 9.17) is 5.73 Å². The third-order valence-corrected chi connectivity index (χ3v) is 2.67. The van der Waals surface area contributed by atoms with Crippen LogP contribution >= 0.6 is 0 Å². The average Bonchev–Trinajstić information content (AvgIpc) is 2.49. The van der Waals surface area contributed by atoms with Gasteiger partial charge in [0.2, 0.25) is 0 Å². The Balaban J connectivity index is 2.26. The fraction of sp³-hybridized carbons (Fsp3) is 0.0625. The third-order valence-electron chi connectivity index (χ3n) is 2.67. The first-order valence-electron chi connectivity index (χ1n) is 6.16. The van der Waals surface area contributed by atoms with Gasteiger partial charge in [-0.05, 0) is 24.3 Å². The molecular weight excluding hydrogens is 274 g/mol. The Labute approximate surface area is 120 Å². The van der Waals surface area contributed by atoms with Gasteiger partial charge < -0.3 is 11.1 Å². The lowest BCUT2D eigenvalue weighted by atomic mass is 10.1. The molecule has 0 aliphatic rings. The first-order valence-corrected chi connectivity index (χ1v) is 6.16. The number of anilines is 1. The Hall–Kier alpha value is -2.71. The van der Waals surface area contributed by atoms with Crippen molar-refractivity contribution in [2.45, 2.75) is 0 Å². The number of hydrogen-bond acceptors (Lipinski definition) is 2. The Morgan fingerprint density at radius 2 is 1.90 bits per heavy atom. The minimum Gasteiger partial charge on any atom is -0.322 e. The maximum absolute atomic E-state index is 13.1. The molecule has 106 valence electrons. The van der Waals surface area contributed by atoms with Crippen LogP contribution in [0.3, 0.4) is 0 Å². The van der Waals surface area contributed by atoms with Gasteiger partial charge in [0.05, 0.1) is 12.1 Å². The minimum atomic E-state index is -1.02. The number of nitrogens with one attached hydrogen (secondary N) is 1. The zero-order chi connectivity index (χ0) is 15.2. The molecule has 5 heteroatoms. The van der Waals surface area contributed by atoms with Crippen molar-refractivity contribution in [3.63, 3.8) is 0 Å². The van der Waals surface area contributed by atoms with Gasteiger partial charge in [0.25, 0.3) is 5.91 Å². The molecule has 2 aromatic carbocycles. The van der Waals surface area contributed by atoms with Crippen LogP contribution < -0.4 is 11.1 Å². The Morgan fingerprint density at radius 3 is 2.62 bits per heavy atom. The Kier molecular flexibility index (Phi) is 4.64. The molecule has 3 nitrogen and oxygen atoms in total. The largest absolute Gasteiger partial charge is 0.322 e. The molecule has 3 N–H and O–H groups in total. The molecule has 0 aromatic heterocycles. The molecule has 0 saturated heterocycles. The molecule has 2 aromatic rings. The highest BCUT2D eigenvalue weighted by molar-refractivity contribution is 6.05. The summed E-state index contributed by atoms with van der Waals surface area (Å²) in [6, 6.07) is 9.86. The summed E-state index contributed by atoms with van der Waals surface area (Å²) in [5, 5.41) is 2.50. The van der Waals surface area contributed by atoms with Crippen LogP contribution in [0.5, 0.6) is 0 Å². The SMILES string of the molecule is NCC#Cc1ccccc1C(=O)Nc1ccc(F)c(F)c1. The van der Waals surface area contributed by atoms with Crippen molar-refractivity contribution in [3.8, 4) is 11.8 Å². The van der Waals surface area contributed by atoms with E-state index < -0.39 is 17.5 Å². The van der Waals surface area contributed by atoms with Gasteiger partial charge >= 0.3 is 0 Å². The van der Waals surface area contributed by atoms with Crippen LogP contribution in [0.15, 0.2) is 42.5 Å². The summed E-state index contributed by atoms with van der Waals surface area (Å²) in [4.78, 5) is 12.2. The number of benzene rings is 2. The molecule has 0 fully saturated rings. The lowest BCUT2D eigenvalue weighted by Gasteiger charge is -2.07. The van der Waals surface area contributed by atoms with Crippen LogP contribution in [-0.2, 0) is 0 Å². The highest BCUT2D eigenvalue weighted by Gasteiger charge is 2.11. The number of amides is 1. The van der Waals surface area contributed by atoms with Gasteiger partial charge in [0, 0.05) is 17.3 Å². The van der Waals surface area contributed by atoms with Crippen molar-refractivity contribution in [1.82, 2.24) is 0 Å². The van der Waals surface area contributed by atoms with Gasteiger partial charge in [-0.15, -0.1) is 0 Å². The van der Waals surface area contributed by atoms with Crippen molar-refractivity contribution in [2.24, 2.45) is 5.73 Å². The van der Waals surface area contributed by atoms with Crippen molar-refractivity contribution in [3.05, 3.63) is 65.2 Å². The summed E-state index contributed by atoms with van der Waals surface area (Å²) in [5.41, 5.74) is 6.33. The van der Waals surface area contributed by atoms with Crippen LogP contribution in [0.2, 0.25) is 0 Å². The van der Waals surface area contributed by atoms with Crippen molar-refractivity contribution < 1.29 is 13.6 Å². The second kappa shape index (κ2) is 6.64. The number of hydrogen-bond donors (Lipinski definition) is 2. The van der Waals surface area contributed by atoms with Crippen LogP contribution in [-0.4, -0.2) is 12.5 Å². The molecule has 0 spiro atoms. The minimum absolute atomic E-state index is 0.167. The van der Waals surface area contributed by atoms with Gasteiger partial charge in [-0.2, -0.15) is 0 Å². The second-order valence-electron chi connectivity index (χ2n) is 4.13. The number of halogens is 2. The summed E-state index contributed by atoms with van der Waals surface area (Å²) in [7, 11) is 0. The molecule has 0 unspecified atom stereocenters. The standard InChI is InChI=1S/C16H12F2N2O/c17-14-8-7-12(10-15(14)18)20-16(21)13-6-2-1-4-11(13)5-3-9-19/h1-2,4,6-8,10H,9,19H2,(H,20,21). The van der Waals surface area contributed by atoms with E-state index in [1.165, 1.54) is 6.07 Å². The zero-order valence-electron chi connectivity index (χ0n) is 11.0. The predicted molar refractivity (Wildman–Crippen MR) is 76.7 cm³/mol. The zero-order valence-corrected chi connectivity index (χ0v) is 11.0. The normalized spacial score (nSPS) is 9.67. The molecule has 1 amide bonds. The maximum atomic E-state index is 13.1. The fourth-order valence-electron chi connectivity index (χ4n) is 1.71. The summed E-state index contributed by atoms with van der Waals surface area (Å²) in [6.07, 6.45) is 0. The van der Waals surface area contributed by atoms with Gasteiger partial charge in [-0.3, -0.25) is 4.79 Å². The van der Waals surface area contributed by atoms with E-state index in [0.29, 0.717) is 11.1 Å². The Morgan fingerprint density at radius 1 is 1.14 bits per heavy atom. The molecular formula is C16H12F2N2O. The summed E-state index contributed by atoms with van der Waals surface area (Å²) >= 11 is 0. The van der Waals surface area contributed by atoms with Crippen molar-refractivity contribution in [1.29, 1.82) is 0 Å². The molecule has 0 bridgehead atoms. The third kappa shape index (κ3) is 3.65. The van der Waals surface area contributed by atoms with Crippen molar-refractivity contribution in [2.75, 3.05) is 11.9 Å². The van der Waals surface area contributed by atoms with Gasteiger partial charge in [0.15, 0.2) is 11.6 Å². The van der Waals surface area contributed by atoms with E-state index in [2.05, 4.69) is 17.2 Å². The number of rotatable bonds is 2. The van der Waals surface area contributed by atoms with Gasteiger partial charge in [-0.1, -0.05) is 24.0 Å². The highest BCUT2D eigenvalue weighted by Crippen LogP contribution is 2.15.